The lowest BCUT2D eigenvalue weighted by Crippen LogP contribution is -2.45. The highest BCUT2D eigenvalue weighted by Gasteiger charge is 2.24. The predicted octanol–water partition coefficient (Wildman–Crippen LogP) is 2.17. The lowest BCUT2D eigenvalue weighted by atomic mass is 9.94. The van der Waals surface area contributed by atoms with Gasteiger partial charge in [0, 0.05) is 12.4 Å². The quantitative estimate of drug-likeness (QED) is 0.880. The molecule has 1 aliphatic heterocycles. The van der Waals surface area contributed by atoms with Crippen LogP contribution in [0.4, 0.5) is 5.69 Å². The molecule has 0 radical (unpaired) electrons. The maximum absolute atomic E-state index is 12.1. The summed E-state index contributed by atoms with van der Waals surface area (Å²) in [5.41, 5.74) is 0.769. The summed E-state index contributed by atoms with van der Waals surface area (Å²) in [4.78, 5) is 16.0. The number of rotatable bonds is 2. The summed E-state index contributed by atoms with van der Waals surface area (Å²) in [6.45, 7) is 3.10. The van der Waals surface area contributed by atoms with E-state index in [2.05, 4.69) is 38.5 Å². The number of amides is 1. The van der Waals surface area contributed by atoms with Crippen molar-refractivity contribution in [3.63, 3.8) is 0 Å². The zero-order chi connectivity index (χ0) is 12.3. The van der Waals surface area contributed by atoms with Crippen molar-refractivity contribution < 1.29 is 4.79 Å². The number of nitrogens with zero attached hydrogens (tertiary/aromatic N) is 1. The third-order valence-corrected chi connectivity index (χ3v) is 3.64. The van der Waals surface area contributed by atoms with Crippen LogP contribution in [0.2, 0.25) is 0 Å². The lowest BCUT2D eigenvalue weighted by molar-refractivity contribution is -0.119. The van der Waals surface area contributed by atoms with Gasteiger partial charge in [0.1, 0.15) is 0 Å². The van der Waals surface area contributed by atoms with E-state index in [1.165, 1.54) is 0 Å². The monoisotopic (exact) mass is 297 g/mol. The van der Waals surface area contributed by atoms with Crippen LogP contribution in [-0.4, -0.2) is 23.5 Å². The second kappa shape index (κ2) is 5.60. The molecule has 0 aliphatic carbocycles. The molecule has 5 heteroatoms. The van der Waals surface area contributed by atoms with E-state index in [9.17, 15) is 4.79 Å². The molecular formula is C12H16BrN3O. The molecule has 0 spiro atoms. The highest BCUT2D eigenvalue weighted by Crippen LogP contribution is 2.21. The van der Waals surface area contributed by atoms with Crippen LogP contribution in [0, 0.1) is 5.92 Å². The largest absolute Gasteiger partial charge is 0.324 e. The van der Waals surface area contributed by atoms with Crippen LogP contribution >= 0.6 is 15.9 Å². The van der Waals surface area contributed by atoms with Crippen molar-refractivity contribution in [1.82, 2.24) is 10.3 Å². The first-order valence-corrected chi connectivity index (χ1v) is 6.60. The molecule has 2 heterocycles. The van der Waals surface area contributed by atoms with Gasteiger partial charge in [0.25, 0.3) is 0 Å². The number of carbonyl (C=O) groups excluding carboxylic acids is 1. The lowest BCUT2D eigenvalue weighted by Gasteiger charge is -2.27. The van der Waals surface area contributed by atoms with Crippen molar-refractivity contribution in [3.05, 3.63) is 22.9 Å². The number of piperidine rings is 1. The molecular weight excluding hydrogens is 282 g/mol. The van der Waals surface area contributed by atoms with E-state index < -0.39 is 0 Å². The van der Waals surface area contributed by atoms with Crippen LogP contribution in [0.1, 0.15) is 19.8 Å². The molecule has 17 heavy (non-hydrogen) atoms. The van der Waals surface area contributed by atoms with E-state index in [0.717, 1.165) is 29.5 Å². The third kappa shape index (κ3) is 3.26. The second-order valence-corrected chi connectivity index (χ2v) is 5.34. The summed E-state index contributed by atoms with van der Waals surface area (Å²) >= 11 is 3.36. The zero-order valence-electron chi connectivity index (χ0n) is 9.74. The molecule has 2 unspecified atom stereocenters. The third-order valence-electron chi connectivity index (χ3n) is 3.01. The van der Waals surface area contributed by atoms with Crippen LogP contribution in [-0.2, 0) is 4.79 Å². The number of carbonyl (C=O) groups is 1. The fourth-order valence-corrected chi connectivity index (χ4v) is 2.35. The Kier molecular flexibility index (Phi) is 4.12. The van der Waals surface area contributed by atoms with Gasteiger partial charge in [-0.1, -0.05) is 6.92 Å². The van der Waals surface area contributed by atoms with Crippen molar-refractivity contribution in [1.29, 1.82) is 0 Å². The molecule has 1 aromatic rings. The van der Waals surface area contributed by atoms with Gasteiger partial charge in [-0.05, 0) is 47.3 Å². The average Bonchev–Trinajstić information content (AvgIpc) is 2.32. The maximum Gasteiger partial charge on any atom is 0.241 e. The zero-order valence-corrected chi connectivity index (χ0v) is 11.3. The van der Waals surface area contributed by atoms with Gasteiger partial charge in [-0.15, -0.1) is 0 Å². The standard InChI is InChI=1S/C12H16BrN3O/c1-8-2-5-15-11(6-8)12(17)16-10-3-4-14-7-9(10)13/h3-4,7-8,11,15H,2,5-6H2,1H3,(H,14,16,17). The number of hydrogen-bond donors (Lipinski definition) is 2. The minimum absolute atomic E-state index is 0.0310. The predicted molar refractivity (Wildman–Crippen MR) is 70.8 cm³/mol. The van der Waals surface area contributed by atoms with E-state index >= 15 is 0 Å². The van der Waals surface area contributed by atoms with Gasteiger partial charge in [-0.25, -0.2) is 0 Å². The first-order chi connectivity index (χ1) is 8.16. The van der Waals surface area contributed by atoms with E-state index in [-0.39, 0.29) is 11.9 Å². The number of nitrogens with one attached hydrogen (secondary N) is 2. The van der Waals surface area contributed by atoms with E-state index in [0.29, 0.717) is 5.92 Å². The SMILES string of the molecule is CC1CCNC(C(=O)Nc2ccncc2Br)C1. The van der Waals surface area contributed by atoms with Gasteiger partial charge in [-0.3, -0.25) is 9.78 Å². The topological polar surface area (TPSA) is 54.0 Å². The number of halogens is 1. The Balaban J connectivity index is 1.99. The number of aromatic nitrogens is 1. The van der Waals surface area contributed by atoms with Crippen molar-refractivity contribution in [3.8, 4) is 0 Å². The Labute approximate surface area is 109 Å². The second-order valence-electron chi connectivity index (χ2n) is 4.48. The van der Waals surface area contributed by atoms with Crippen LogP contribution in [0.15, 0.2) is 22.9 Å². The minimum Gasteiger partial charge on any atom is -0.324 e. The molecule has 92 valence electrons. The Morgan fingerprint density at radius 2 is 2.47 bits per heavy atom. The fraction of sp³-hybridized carbons (Fsp3) is 0.500. The molecule has 2 atom stereocenters. The highest BCUT2D eigenvalue weighted by atomic mass is 79.9. The Morgan fingerprint density at radius 1 is 1.65 bits per heavy atom. The summed E-state index contributed by atoms with van der Waals surface area (Å²) in [6.07, 6.45) is 5.38. The van der Waals surface area contributed by atoms with Crippen LogP contribution in [0.3, 0.4) is 0 Å². The summed E-state index contributed by atoms with van der Waals surface area (Å²) < 4.78 is 0.803. The Morgan fingerprint density at radius 3 is 3.18 bits per heavy atom. The summed E-state index contributed by atoms with van der Waals surface area (Å²) in [6, 6.07) is 1.70. The number of pyridine rings is 1. The molecule has 2 N–H and O–H groups in total. The highest BCUT2D eigenvalue weighted by molar-refractivity contribution is 9.10. The first-order valence-electron chi connectivity index (χ1n) is 5.80. The summed E-state index contributed by atoms with van der Waals surface area (Å²) in [7, 11) is 0. The van der Waals surface area contributed by atoms with Gasteiger partial charge in [0.2, 0.25) is 5.91 Å². The minimum atomic E-state index is -0.0844. The van der Waals surface area contributed by atoms with Gasteiger partial charge in [-0.2, -0.15) is 0 Å². The van der Waals surface area contributed by atoms with Crippen molar-refractivity contribution in [2.75, 3.05) is 11.9 Å². The van der Waals surface area contributed by atoms with Crippen LogP contribution < -0.4 is 10.6 Å². The smallest absolute Gasteiger partial charge is 0.241 e. The van der Waals surface area contributed by atoms with Crippen molar-refractivity contribution >= 4 is 27.5 Å². The molecule has 1 amide bonds. The first kappa shape index (κ1) is 12.5. The number of anilines is 1. The Hall–Kier alpha value is -0.940. The average molecular weight is 298 g/mol. The molecule has 1 aromatic heterocycles. The van der Waals surface area contributed by atoms with E-state index in [1.54, 1.807) is 18.5 Å². The van der Waals surface area contributed by atoms with E-state index in [1.807, 2.05) is 0 Å². The van der Waals surface area contributed by atoms with Crippen molar-refractivity contribution in [2.24, 2.45) is 5.92 Å². The Bertz CT molecular complexity index is 410. The normalized spacial score (nSPS) is 24.4. The summed E-state index contributed by atoms with van der Waals surface area (Å²) in [5.74, 6) is 0.635. The fourth-order valence-electron chi connectivity index (χ4n) is 2.00. The van der Waals surface area contributed by atoms with Crippen molar-refractivity contribution in [2.45, 2.75) is 25.8 Å². The molecule has 1 aliphatic rings. The molecule has 0 saturated carbocycles. The van der Waals surface area contributed by atoms with E-state index in [4.69, 9.17) is 0 Å². The van der Waals surface area contributed by atoms with Gasteiger partial charge >= 0.3 is 0 Å². The molecule has 4 nitrogen and oxygen atoms in total. The molecule has 1 fully saturated rings. The molecule has 2 rings (SSSR count). The number of hydrogen-bond acceptors (Lipinski definition) is 3. The van der Waals surface area contributed by atoms with Gasteiger partial charge < -0.3 is 10.6 Å². The van der Waals surface area contributed by atoms with Gasteiger partial charge in [0.15, 0.2) is 0 Å². The molecule has 0 aromatic carbocycles. The van der Waals surface area contributed by atoms with Gasteiger partial charge in [0.05, 0.1) is 16.2 Å². The summed E-state index contributed by atoms with van der Waals surface area (Å²) in [5, 5.41) is 6.16. The maximum atomic E-state index is 12.1. The van der Waals surface area contributed by atoms with Crippen LogP contribution in [0.25, 0.3) is 0 Å². The molecule has 1 saturated heterocycles. The molecule has 0 bridgehead atoms. The van der Waals surface area contributed by atoms with Crippen LogP contribution in [0.5, 0.6) is 0 Å².